The van der Waals surface area contributed by atoms with Gasteiger partial charge in [0.15, 0.2) is 0 Å². The Bertz CT molecular complexity index is 1090. The number of aldehydes is 1. The third-order valence-corrected chi connectivity index (χ3v) is 5.89. The van der Waals surface area contributed by atoms with E-state index in [0.29, 0.717) is 12.7 Å². The summed E-state index contributed by atoms with van der Waals surface area (Å²) in [6.07, 6.45) is 0.487. The minimum Gasteiger partial charge on any atom is -0.460 e. The Morgan fingerprint density at radius 3 is 2.54 bits per heavy atom. The first kappa shape index (κ1) is 27.8. The number of hydrogen-bond donors (Lipinski definition) is 2. The van der Waals surface area contributed by atoms with E-state index in [2.05, 4.69) is 10.6 Å². The van der Waals surface area contributed by atoms with Crippen LogP contribution in [0.2, 0.25) is 0 Å². The van der Waals surface area contributed by atoms with Gasteiger partial charge in [0.25, 0.3) is 11.8 Å². The molecule has 37 heavy (non-hydrogen) atoms. The number of benzene rings is 1. The van der Waals surface area contributed by atoms with Gasteiger partial charge in [-0.3, -0.25) is 29.0 Å². The molecular formula is C25H31FN4O7. The van der Waals surface area contributed by atoms with Crippen LogP contribution in [0.25, 0.3) is 0 Å². The number of hydrazine groups is 1. The van der Waals surface area contributed by atoms with E-state index in [4.69, 9.17) is 4.74 Å². The molecule has 11 nitrogen and oxygen atoms in total. The van der Waals surface area contributed by atoms with Crippen molar-refractivity contribution in [2.24, 2.45) is 0 Å². The first-order valence-corrected chi connectivity index (χ1v) is 12.1. The molecule has 2 aliphatic rings. The smallest absolute Gasteiger partial charge is 0.308 e. The Morgan fingerprint density at radius 1 is 1.19 bits per heavy atom. The number of ether oxygens (including phenoxy) is 1. The highest BCUT2D eigenvalue weighted by Gasteiger charge is 2.45. The molecule has 0 bridgehead atoms. The Kier molecular flexibility index (Phi) is 8.61. The fourth-order valence-electron chi connectivity index (χ4n) is 4.26. The lowest BCUT2D eigenvalue weighted by atomic mass is 10.0. The SMILES string of the molecule is CC(C)(C)OC(=O)C[C@@H](C=O)NC(=O)[C@@H]1CCCN2C(=O)CC[C@H](NC(=O)c3ccccc3F)C(=O)N12. The highest BCUT2D eigenvalue weighted by molar-refractivity contribution is 6.00. The van der Waals surface area contributed by atoms with E-state index in [9.17, 15) is 33.2 Å². The van der Waals surface area contributed by atoms with Crippen LogP contribution < -0.4 is 10.6 Å². The van der Waals surface area contributed by atoms with Crippen LogP contribution in [0.1, 0.15) is 63.2 Å². The van der Waals surface area contributed by atoms with Gasteiger partial charge in [0.2, 0.25) is 11.8 Å². The summed E-state index contributed by atoms with van der Waals surface area (Å²) in [5.41, 5.74) is -1.04. The topological polar surface area (TPSA) is 142 Å². The summed E-state index contributed by atoms with van der Waals surface area (Å²) in [5.74, 6) is -4.12. The predicted octanol–water partition coefficient (Wildman–Crippen LogP) is 0.868. The Hall–Kier alpha value is -3.83. The molecule has 2 heterocycles. The van der Waals surface area contributed by atoms with Crippen molar-refractivity contribution in [3.8, 4) is 0 Å². The number of fused-ring (bicyclic) bond motifs is 1. The third-order valence-electron chi connectivity index (χ3n) is 5.89. The zero-order valence-corrected chi connectivity index (χ0v) is 21.0. The molecule has 3 rings (SSSR count). The quantitative estimate of drug-likeness (QED) is 0.403. The van der Waals surface area contributed by atoms with E-state index in [1.807, 2.05) is 0 Å². The van der Waals surface area contributed by atoms with Gasteiger partial charge in [0, 0.05) is 13.0 Å². The molecule has 2 fully saturated rings. The second kappa shape index (κ2) is 11.5. The van der Waals surface area contributed by atoms with Crippen molar-refractivity contribution in [1.29, 1.82) is 0 Å². The number of halogens is 1. The minimum atomic E-state index is -1.20. The molecule has 12 heteroatoms. The van der Waals surface area contributed by atoms with Crippen molar-refractivity contribution in [2.45, 2.75) is 76.6 Å². The second-order valence-electron chi connectivity index (χ2n) is 9.94. The van der Waals surface area contributed by atoms with Gasteiger partial charge in [-0.1, -0.05) is 12.1 Å². The zero-order valence-electron chi connectivity index (χ0n) is 21.0. The Balaban J connectivity index is 1.77. The molecule has 4 amide bonds. The summed E-state index contributed by atoms with van der Waals surface area (Å²) >= 11 is 0. The molecule has 2 N–H and O–H groups in total. The Labute approximate surface area is 213 Å². The standard InChI is InChI=1S/C25H31FN4O7/c1-25(2,3)37-21(33)13-15(14-31)27-23(35)19-9-6-12-29-20(32)11-10-18(24(36)30(19)29)28-22(34)16-7-4-5-8-17(16)26/h4-5,7-8,14-15,18-19H,6,9-13H2,1-3H3,(H,27,35)(H,28,34)/t15-,18-,19-/m0/s1. The number of hydrogen-bond acceptors (Lipinski definition) is 7. The number of nitrogens with zero attached hydrogens (tertiary/aromatic N) is 2. The molecule has 1 aromatic carbocycles. The molecule has 2 saturated heterocycles. The van der Waals surface area contributed by atoms with Gasteiger partial charge >= 0.3 is 5.97 Å². The number of carbonyl (C=O) groups excluding carboxylic acids is 6. The molecular weight excluding hydrogens is 487 g/mol. The van der Waals surface area contributed by atoms with E-state index < -0.39 is 65.6 Å². The molecule has 2 aliphatic heterocycles. The van der Waals surface area contributed by atoms with Crippen molar-refractivity contribution >= 4 is 35.9 Å². The summed E-state index contributed by atoms with van der Waals surface area (Å²) in [6, 6.07) is 1.74. The van der Waals surface area contributed by atoms with Gasteiger partial charge in [-0.2, -0.15) is 0 Å². The highest BCUT2D eigenvalue weighted by atomic mass is 19.1. The van der Waals surface area contributed by atoms with Crippen molar-refractivity contribution < 1.29 is 37.9 Å². The van der Waals surface area contributed by atoms with E-state index >= 15 is 0 Å². The zero-order chi connectivity index (χ0) is 27.3. The monoisotopic (exact) mass is 518 g/mol. The second-order valence-corrected chi connectivity index (χ2v) is 9.94. The lowest BCUT2D eigenvalue weighted by molar-refractivity contribution is -0.176. The largest absolute Gasteiger partial charge is 0.460 e. The third kappa shape index (κ3) is 6.89. The maximum absolute atomic E-state index is 14.1. The molecule has 0 unspecified atom stereocenters. The molecule has 0 saturated carbocycles. The molecule has 0 aliphatic carbocycles. The van der Waals surface area contributed by atoms with Crippen LogP contribution >= 0.6 is 0 Å². The summed E-state index contributed by atoms with van der Waals surface area (Å²) in [5, 5.41) is 7.12. The molecule has 0 radical (unpaired) electrons. The summed E-state index contributed by atoms with van der Waals surface area (Å²) in [7, 11) is 0. The van der Waals surface area contributed by atoms with E-state index in [1.54, 1.807) is 20.8 Å². The molecule has 1 aromatic rings. The lowest BCUT2D eigenvalue weighted by Gasteiger charge is -2.43. The molecule has 0 aromatic heterocycles. The average Bonchev–Trinajstić information content (AvgIpc) is 2.94. The van der Waals surface area contributed by atoms with Gasteiger partial charge in [-0.15, -0.1) is 0 Å². The van der Waals surface area contributed by atoms with Crippen LogP contribution in [-0.2, 0) is 28.7 Å². The lowest BCUT2D eigenvalue weighted by Crippen LogP contribution is -2.64. The first-order chi connectivity index (χ1) is 17.4. The number of esters is 1. The van der Waals surface area contributed by atoms with Crippen LogP contribution in [-0.4, -0.2) is 76.2 Å². The number of amides is 4. The van der Waals surface area contributed by atoms with Crippen molar-refractivity contribution in [2.75, 3.05) is 6.54 Å². The maximum Gasteiger partial charge on any atom is 0.308 e. The van der Waals surface area contributed by atoms with Crippen LogP contribution in [0.5, 0.6) is 0 Å². The van der Waals surface area contributed by atoms with Gasteiger partial charge < -0.3 is 20.2 Å². The van der Waals surface area contributed by atoms with Crippen LogP contribution in [0, 0.1) is 5.82 Å². The number of nitrogens with one attached hydrogen (secondary N) is 2. The summed E-state index contributed by atoms with van der Waals surface area (Å²) in [4.78, 5) is 75.8. The number of rotatable bonds is 7. The van der Waals surface area contributed by atoms with E-state index in [1.165, 1.54) is 23.2 Å². The fraction of sp³-hybridized carbons (Fsp3) is 0.520. The van der Waals surface area contributed by atoms with Crippen LogP contribution in [0.3, 0.4) is 0 Å². The van der Waals surface area contributed by atoms with Gasteiger partial charge in [-0.05, 0) is 52.2 Å². The van der Waals surface area contributed by atoms with Gasteiger partial charge in [-0.25, -0.2) is 9.40 Å². The normalized spacial score (nSPS) is 20.9. The van der Waals surface area contributed by atoms with Gasteiger partial charge in [0.05, 0.1) is 18.0 Å². The predicted molar refractivity (Wildman–Crippen MR) is 127 cm³/mol. The van der Waals surface area contributed by atoms with Crippen molar-refractivity contribution in [3.63, 3.8) is 0 Å². The summed E-state index contributed by atoms with van der Waals surface area (Å²) in [6.45, 7) is 5.19. The van der Waals surface area contributed by atoms with Crippen molar-refractivity contribution in [3.05, 3.63) is 35.6 Å². The van der Waals surface area contributed by atoms with E-state index in [-0.39, 0.29) is 31.4 Å². The summed E-state index contributed by atoms with van der Waals surface area (Å²) < 4.78 is 19.3. The first-order valence-electron chi connectivity index (χ1n) is 12.1. The van der Waals surface area contributed by atoms with Crippen LogP contribution in [0.4, 0.5) is 4.39 Å². The fourth-order valence-corrected chi connectivity index (χ4v) is 4.26. The highest BCUT2D eigenvalue weighted by Crippen LogP contribution is 2.25. The molecule has 0 spiro atoms. The average molecular weight is 519 g/mol. The van der Waals surface area contributed by atoms with E-state index in [0.717, 1.165) is 11.1 Å². The number of carbonyl (C=O) groups is 6. The maximum atomic E-state index is 14.1. The van der Waals surface area contributed by atoms with Crippen molar-refractivity contribution in [1.82, 2.24) is 20.7 Å². The Morgan fingerprint density at radius 2 is 1.89 bits per heavy atom. The van der Waals surface area contributed by atoms with Crippen LogP contribution in [0.15, 0.2) is 24.3 Å². The molecule has 200 valence electrons. The van der Waals surface area contributed by atoms with Gasteiger partial charge in [0.1, 0.15) is 29.8 Å². The minimum absolute atomic E-state index is 0.0329. The molecule has 3 atom stereocenters.